The Morgan fingerprint density at radius 1 is 1.40 bits per heavy atom. The molecule has 1 amide bonds. The van der Waals surface area contributed by atoms with Gasteiger partial charge in [-0.1, -0.05) is 17.9 Å². The minimum atomic E-state index is -1.04. The smallest absolute Gasteiger partial charge is 0.251 e. The van der Waals surface area contributed by atoms with Crippen LogP contribution < -0.4 is 5.32 Å². The number of benzene rings is 1. The lowest BCUT2D eigenvalue weighted by Gasteiger charge is -2.32. The highest BCUT2D eigenvalue weighted by atomic mass is 32.2. The van der Waals surface area contributed by atoms with Crippen molar-refractivity contribution in [1.29, 1.82) is 0 Å². The lowest BCUT2D eigenvalue weighted by atomic mass is 10.0. The van der Waals surface area contributed by atoms with Crippen molar-refractivity contribution in [3.05, 3.63) is 35.4 Å². The van der Waals surface area contributed by atoms with E-state index in [1.54, 1.807) is 26.0 Å². The van der Waals surface area contributed by atoms with Gasteiger partial charge in [0.05, 0.1) is 0 Å². The van der Waals surface area contributed by atoms with Gasteiger partial charge in [0.1, 0.15) is 5.60 Å². The SMILES string of the molecule is CSCCN1CCC(NC(=O)c2cccc(C#CC(C)(C)O)c2)CC1. The van der Waals surface area contributed by atoms with Gasteiger partial charge < -0.3 is 15.3 Å². The first-order valence-corrected chi connectivity index (χ1v) is 10.1. The minimum Gasteiger partial charge on any atom is -0.378 e. The maximum atomic E-state index is 12.5. The van der Waals surface area contributed by atoms with E-state index in [0.717, 1.165) is 43.8 Å². The molecule has 1 aromatic carbocycles. The van der Waals surface area contributed by atoms with E-state index in [9.17, 15) is 9.90 Å². The molecule has 136 valence electrons. The maximum Gasteiger partial charge on any atom is 0.251 e. The summed E-state index contributed by atoms with van der Waals surface area (Å²) in [6.45, 7) is 6.50. The van der Waals surface area contributed by atoms with Crippen LogP contribution in [-0.2, 0) is 0 Å². The zero-order valence-corrected chi connectivity index (χ0v) is 16.2. The second-order valence-corrected chi connectivity index (χ2v) is 7.96. The van der Waals surface area contributed by atoms with Crippen LogP contribution in [0, 0.1) is 11.8 Å². The molecule has 25 heavy (non-hydrogen) atoms. The Hall–Kier alpha value is -1.48. The molecule has 0 bridgehead atoms. The molecule has 1 aliphatic rings. The van der Waals surface area contributed by atoms with E-state index < -0.39 is 5.60 Å². The number of piperidine rings is 1. The molecule has 4 nitrogen and oxygen atoms in total. The Bertz CT molecular complexity index is 635. The van der Waals surface area contributed by atoms with Crippen LogP contribution in [0.5, 0.6) is 0 Å². The molecule has 1 heterocycles. The van der Waals surface area contributed by atoms with Gasteiger partial charge >= 0.3 is 0 Å². The molecule has 0 atom stereocenters. The predicted molar refractivity (Wildman–Crippen MR) is 105 cm³/mol. The van der Waals surface area contributed by atoms with E-state index in [1.807, 2.05) is 23.9 Å². The fraction of sp³-hybridized carbons (Fsp3) is 0.550. The number of carbonyl (C=O) groups excluding carboxylic acids is 1. The van der Waals surface area contributed by atoms with Crippen LogP contribution in [0.3, 0.4) is 0 Å². The summed E-state index contributed by atoms with van der Waals surface area (Å²) in [7, 11) is 0. The van der Waals surface area contributed by atoms with Gasteiger partial charge in [0.25, 0.3) is 5.91 Å². The highest BCUT2D eigenvalue weighted by Gasteiger charge is 2.20. The van der Waals surface area contributed by atoms with E-state index in [2.05, 4.69) is 28.3 Å². The van der Waals surface area contributed by atoms with Gasteiger partial charge in [-0.15, -0.1) is 0 Å². The number of likely N-dealkylation sites (tertiary alicyclic amines) is 1. The summed E-state index contributed by atoms with van der Waals surface area (Å²) in [6, 6.07) is 7.50. The predicted octanol–water partition coefficient (Wildman–Crippen LogP) is 2.37. The van der Waals surface area contributed by atoms with E-state index >= 15 is 0 Å². The average Bonchev–Trinajstić information content (AvgIpc) is 2.59. The first-order valence-electron chi connectivity index (χ1n) is 8.75. The number of nitrogens with zero attached hydrogens (tertiary/aromatic N) is 1. The number of hydrogen-bond donors (Lipinski definition) is 2. The van der Waals surface area contributed by atoms with E-state index in [4.69, 9.17) is 0 Å². The van der Waals surface area contributed by atoms with Crippen molar-refractivity contribution in [2.75, 3.05) is 31.6 Å². The average molecular weight is 361 g/mol. The molecule has 1 fully saturated rings. The Morgan fingerprint density at radius 2 is 2.12 bits per heavy atom. The van der Waals surface area contributed by atoms with E-state index in [0.29, 0.717) is 5.56 Å². The third-order valence-corrected chi connectivity index (χ3v) is 4.76. The molecule has 0 radical (unpaired) electrons. The standard InChI is InChI=1S/C20H28N2O2S/c1-20(2,24)10-7-16-5-4-6-17(15-16)19(23)21-18-8-11-22(12-9-18)13-14-25-3/h4-6,15,18,24H,8-9,11-14H2,1-3H3,(H,21,23). The molecule has 2 rings (SSSR count). The van der Waals surface area contributed by atoms with Gasteiger partial charge in [-0.05, 0) is 51.1 Å². The number of carbonyl (C=O) groups is 1. The first kappa shape index (κ1) is 19.8. The zero-order chi connectivity index (χ0) is 18.3. The monoisotopic (exact) mass is 360 g/mol. The fourth-order valence-corrected chi connectivity index (χ4v) is 3.19. The van der Waals surface area contributed by atoms with Gasteiger partial charge in [-0.2, -0.15) is 11.8 Å². The quantitative estimate of drug-likeness (QED) is 0.792. The molecule has 5 heteroatoms. The molecular weight excluding hydrogens is 332 g/mol. The van der Waals surface area contributed by atoms with Crippen molar-refractivity contribution >= 4 is 17.7 Å². The summed E-state index contributed by atoms with van der Waals surface area (Å²) in [5, 5.41) is 12.8. The number of thioether (sulfide) groups is 1. The Labute approximate surface area is 155 Å². The summed E-state index contributed by atoms with van der Waals surface area (Å²) >= 11 is 1.87. The van der Waals surface area contributed by atoms with Crippen LogP contribution in [0.15, 0.2) is 24.3 Å². The molecule has 1 aromatic rings. The summed E-state index contributed by atoms with van der Waals surface area (Å²) < 4.78 is 0. The third kappa shape index (κ3) is 7.11. The van der Waals surface area contributed by atoms with Crippen molar-refractivity contribution in [3.8, 4) is 11.8 Å². The molecule has 0 aliphatic carbocycles. The molecule has 0 unspecified atom stereocenters. The van der Waals surface area contributed by atoms with Crippen LogP contribution in [-0.4, -0.2) is 59.2 Å². The Morgan fingerprint density at radius 3 is 2.76 bits per heavy atom. The van der Waals surface area contributed by atoms with Crippen LogP contribution in [0.4, 0.5) is 0 Å². The lowest BCUT2D eigenvalue weighted by molar-refractivity contribution is 0.0913. The van der Waals surface area contributed by atoms with Crippen LogP contribution in [0.25, 0.3) is 0 Å². The summed E-state index contributed by atoms with van der Waals surface area (Å²) in [6.07, 6.45) is 4.13. The number of aliphatic hydroxyl groups is 1. The maximum absolute atomic E-state index is 12.5. The highest BCUT2D eigenvalue weighted by Crippen LogP contribution is 2.12. The molecular formula is C20H28N2O2S. The molecule has 0 aromatic heterocycles. The highest BCUT2D eigenvalue weighted by molar-refractivity contribution is 7.98. The Kier molecular flexibility index (Phi) is 7.37. The van der Waals surface area contributed by atoms with Gasteiger partial charge in [-0.25, -0.2) is 0 Å². The number of nitrogens with one attached hydrogen (secondary N) is 1. The number of hydrogen-bond acceptors (Lipinski definition) is 4. The molecule has 0 saturated carbocycles. The summed E-state index contributed by atoms with van der Waals surface area (Å²) in [5.74, 6) is 6.81. The van der Waals surface area contributed by atoms with Crippen molar-refractivity contribution in [2.24, 2.45) is 0 Å². The molecule has 1 aliphatic heterocycles. The van der Waals surface area contributed by atoms with Gasteiger partial charge in [-0.3, -0.25) is 4.79 Å². The van der Waals surface area contributed by atoms with Gasteiger partial charge in [0, 0.05) is 42.6 Å². The van der Waals surface area contributed by atoms with Crippen molar-refractivity contribution in [3.63, 3.8) is 0 Å². The van der Waals surface area contributed by atoms with Crippen molar-refractivity contribution in [1.82, 2.24) is 10.2 Å². The summed E-state index contributed by atoms with van der Waals surface area (Å²) in [4.78, 5) is 15.0. The minimum absolute atomic E-state index is 0.0468. The lowest BCUT2D eigenvalue weighted by Crippen LogP contribution is -2.45. The number of amides is 1. The van der Waals surface area contributed by atoms with Crippen molar-refractivity contribution < 1.29 is 9.90 Å². The van der Waals surface area contributed by atoms with Gasteiger partial charge in [0.2, 0.25) is 0 Å². The molecule has 0 spiro atoms. The second kappa shape index (κ2) is 9.28. The Balaban J connectivity index is 1.90. The number of rotatable bonds is 5. The van der Waals surface area contributed by atoms with Crippen LogP contribution in [0.1, 0.15) is 42.6 Å². The van der Waals surface area contributed by atoms with Crippen LogP contribution >= 0.6 is 11.8 Å². The third-order valence-electron chi connectivity index (χ3n) is 4.17. The second-order valence-electron chi connectivity index (χ2n) is 6.97. The van der Waals surface area contributed by atoms with Crippen LogP contribution in [0.2, 0.25) is 0 Å². The van der Waals surface area contributed by atoms with Crippen molar-refractivity contribution in [2.45, 2.75) is 38.3 Å². The molecule has 1 saturated heterocycles. The van der Waals surface area contributed by atoms with E-state index in [1.165, 1.54) is 0 Å². The molecule has 2 N–H and O–H groups in total. The van der Waals surface area contributed by atoms with Gasteiger partial charge in [0.15, 0.2) is 0 Å². The normalized spacial score (nSPS) is 16.2. The largest absolute Gasteiger partial charge is 0.378 e. The summed E-state index contributed by atoms with van der Waals surface area (Å²) in [5.41, 5.74) is 0.316. The first-order chi connectivity index (χ1) is 11.9. The topological polar surface area (TPSA) is 52.6 Å². The zero-order valence-electron chi connectivity index (χ0n) is 15.3. The van der Waals surface area contributed by atoms with E-state index in [-0.39, 0.29) is 11.9 Å². The fourth-order valence-electron chi connectivity index (χ4n) is 2.75.